The van der Waals surface area contributed by atoms with Crippen LogP contribution in [0.4, 0.5) is 0 Å². The largest absolute Gasteiger partial charge is 0.358 e. The van der Waals surface area contributed by atoms with Gasteiger partial charge in [-0.1, -0.05) is 30.3 Å². The maximum atomic E-state index is 11.7. The van der Waals surface area contributed by atoms with Gasteiger partial charge < -0.3 is 0 Å². The van der Waals surface area contributed by atoms with Crippen molar-refractivity contribution in [1.82, 2.24) is 0 Å². The van der Waals surface area contributed by atoms with E-state index >= 15 is 0 Å². The van der Waals surface area contributed by atoms with Crippen molar-refractivity contribution in [1.29, 1.82) is 0 Å². The summed E-state index contributed by atoms with van der Waals surface area (Å²) in [5, 5.41) is 3.20. The monoisotopic (exact) mass is 283 g/mol. The molecule has 0 aliphatic rings. The SMILES string of the molecule is CCC(=O)C(=O)/C(C)=N/OS(=O)(=O)c1ccccc1. The van der Waals surface area contributed by atoms with E-state index in [1.807, 2.05) is 0 Å². The number of nitrogens with zero attached hydrogens (tertiary/aromatic N) is 1. The number of hydrogen-bond acceptors (Lipinski definition) is 6. The van der Waals surface area contributed by atoms with Crippen molar-refractivity contribution in [3.05, 3.63) is 30.3 Å². The molecular weight excluding hydrogens is 270 g/mol. The Hall–Kier alpha value is -2.02. The van der Waals surface area contributed by atoms with Crippen LogP contribution in [0.3, 0.4) is 0 Å². The molecule has 0 bridgehead atoms. The van der Waals surface area contributed by atoms with Crippen molar-refractivity contribution in [2.24, 2.45) is 5.16 Å². The number of carbonyl (C=O) groups is 2. The molecule has 0 aromatic heterocycles. The minimum atomic E-state index is -4.07. The molecule has 1 rings (SSSR count). The van der Waals surface area contributed by atoms with E-state index in [4.69, 9.17) is 0 Å². The molecule has 0 N–H and O–H groups in total. The van der Waals surface area contributed by atoms with E-state index in [2.05, 4.69) is 9.44 Å². The third-order valence-electron chi connectivity index (χ3n) is 2.21. The first kappa shape index (κ1) is 15.0. The molecule has 0 saturated heterocycles. The zero-order valence-electron chi connectivity index (χ0n) is 10.5. The van der Waals surface area contributed by atoms with Gasteiger partial charge in [0.2, 0.25) is 11.6 Å². The summed E-state index contributed by atoms with van der Waals surface area (Å²) in [6, 6.07) is 7.37. The third kappa shape index (κ3) is 3.99. The average Bonchev–Trinajstić information content (AvgIpc) is 2.44. The standard InChI is InChI=1S/C12H13NO5S/c1-3-11(14)12(15)9(2)13-18-19(16,17)10-7-5-4-6-8-10/h4-8H,3H2,1-2H3/b13-9+. The molecule has 0 amide bonds. The Morgan fingerprint density at radius 2 is 1.79 bits per heavy atom. The zero-order chi connectivity index (χ0) is 14.5. The van der Waals surface area contributed by atoms with Crippen LogP contribution in [0.1, 0.15) is 20.3 Å². The maximum Gasteiger partial charge on any atom is 0.358 e. The molecule has 19 heavy (non-hydrogen) atoms. The van der Waals surface area contributed by atoms with Crippen LogP contribution in [0.25, 0.3) is 0 Å². The van der Waals surface area contributed by atoms with Crippen LogP contribution in [-0.2, 0) is 24.0 Å². The van der Waals surface area contributed by atoms with E-state index < -0.39 is 21.7 Å². The molecule has 102 valence electrons. The summed E-state index contributed by atoms with van der Waals surface area (Å²) in [7, 11) is -4.07. The smallest absolute Gasteiger partial charge is 0.290 e. The lowest BCUT2D eigenvalue weighted by Crippen LogP contribution is -2.21. The second-order valence-electron chi connectivity index (χ2n) is 3.62. The van der Waals surface area contributed by atoms with Crippen LogP contribution in [-0.4, -0.2) is 25.7 Å². The Kier molecular flexibility index (Phi) is 4.94. The molecule has 7 heteroatoms. The normalized spacial score (nSPS) is 12.0. The zero-order valence-corrected chi connectivity index (χ0v) is 11.3. The lowest BCUT2D eigenvalue weighted by atomic mass is 10.1. The molecule has 6 nitrogen and oxygen atoms in total. The summed E-state index contributed by atoms with van der Waals surface area (Å²) in [5.74, 6) is -1.51. The van der Waals surface area contributed by atoms with E-state index in [1.54, 1.807) is 6.07 Å². The van der Waals surface area contributed by atoms with Gasteiger partial charge in [-0.05, 0) is 19.1 Å². The minimum absolute atomic E-state index is 0.0249. The van der Waals surface area contributed by atoms with E-state index in [-0.39, 0.29) is 17.0 Å². The Morgan fingerprint density at radius 3 is 2.32 bits per heavy atom. The summed E-state index contributed by atoms with van der Waals surface area (Å²) in [5.41, 5.74) is -0.300. The summed E-state index contributed by atoms with van der Waals surface area (Å²) >= 11 is 0. The van der Waals surface area contributed by atoms with Crippen molar-refractivity contribution in [2.75, 3.05) is 0 Å². The van der Waals surface area contributed by atoms with Crippen molar-refractivity contribution in [3.8, 4) is 0 Å². The van der Waals surface area contributed by atoms with Gasteiger partial charge in [0, 0.05) is 6.42 Å². The molecular formula is C12H13NO5S. The number of oxime groups is 1. The van der Waals surface area contributed by atoms with Crippen LogP contribution in [0.2, 0.25) is 0 Å². The number of ketones is 2. The van der Waals surface area contributed by atoms with Crippen LogP contribution in [0, 0.1) is 0 Å². The van der Waals surface area contributed by atoms with E-state index in [0.29, 0.717) is 0 Å². The first-order valence-electron chi connectivity index (χ1n) is 5.49. The Balaban J connectivity index is 2.87. The number of Topliss-reactive ketones (excluding diaryl/α,β-unsaturated/α-hetero) is 2. The topological polar surface area (TPSA) is 89.9 Å². The van der Waals surface area contributed by atoms with Crippen molar-refractivity contribution in [2.45, 2.75) is 25.2 Å². The average molecular weight is 283 g/mol. The second kappa shape index (κ2) is 6.24. The van der Waals surface area contributed by atoms with Gasteiger partial charge in [-0.15, -0.1) is 0 Å². The molecule has 1 aromatic carbocycles. The Morgan fingerprint density at radius 1 is 1.21 bits per heavy atom. The summed E-state index contributed by atoms with van der Waals surface area (Å²) in [6.07, 6.45) is 0.0249. The highest BCUT2D eigenvalue weighted by molar-refractivity contribution is 7.86. The molecule has 1 aromatic rings. The molecule has 0 spiro atoms. The fourth-order valence-corrected chi connectivity index (χ4v) is 1.93. The number of benzene rings is 1. The van der Waals surface area contributed by atoms with E-state index in [1.165, 1.54) is 38.1 Å². The Labute approximate surface area is 111 Å². The highest BCUT2D eigenvalue weighted by atomic mass is 32.2. The fraction of sp³-hybridized carbons (Fsp3) is 0.250. The quantitative estimate of drug-likeness (QED) is 0.446. The first-order chi connectivity index (χ1) is 8.88. The lowest BCUT2D eigenvalue weighted by molar-refractivity contribution is -0.132. The van der Waals surface area contributed by atoms with Gasteiger partial charge in [-0.3, -0.25) is 13.9 Å². The molecule has 0 saturated carbocycles. The molecule has 0 heterocycles. The summed E-state index contributed by atoms with van der Waals surface area (Å²) in [6.45, 7) is 2.74. The highest BCUT2D eigenvalue weighted by Crippen LogP contribution is 2.11. The van der Waals surface area contributed by atoms with E-state index in [9.17, 15) is 18.0 Å². The van der Waals surface area contributed by atoms with Gasteiger partial charge in [0.05, 0.1) is 0 Å². The van der Waals surface area contributed by atoms with Crippen LogP contribution < -0.4 is 0 Å². The van der Waals surface area contributed by atoms with Gasteiger partial charge in [0.15, 0.2) is 0 Å². The van der Waals surface area contributed by atoms with Crippen molar-refractivity contribution >= 4 is 27.4 Å². The van der Waals surface area contributed by atoms with Gasteiger partial charge in [-0.2, -0.15) is 8.42 Å². The van der Waals surface area contributed by atoms with Crippen LogP contribution >= 0.6 is 0 Å². The second-order valence-corrected chi connectivity index (χ2v) is 5.15. The van der Waals surface area contributed by atoms with Gasteiger partial charge in [0.25, 0.3) is 0 Å². The number of hydrogen-bond donors (Lipinski definition) is 0. The number of rotatable bonds is 6. The predicted molar refractivity (Wildman–Crippen MR) is 68.1 cm³/mol. The van der Waals surface area contributed by atoms with Gasteiger partial charge >= 0.3 is 10.1 Å². The van der Waals surface area contributed by atoms with Crippen LogP contribution in [0.5, 0.6) is 0 Å². The van der Waals surface area contributed by atoms with E-state index in [0.717, 1.165) is 0 Å². The molecule has 0 atom stereocenters. The van der Waals surface area contributed by atoms with Crippen LogP contribution in [0.15, 0.2) is 40.4 Å². The lowest BCUT2D eigenvalue weighted by Gasteiger charge is -2.02. The molecule has 0 fully saturated rings. The highest BCUT2D eigenvalue weighted by Gasteiger charge is 2.19. The molecule has 0 aliphatic heterocycles. The minimum Gasteiger partial charge on any atom is -0.290 e. The number of carbonyl (C=O) groups excluding carboxylic acids is 2. The molecule has 0 unspecified atom stereocenters. The summed E-state index contributed by atoms with van der Waals surface area (Å²) < 4.78 is 27.7. The predicted octanol–water partition coefficient (Wildman–Crippen LogP) is 1.32. The molecule has 0 aliphatic carbocycles. The van der Waals surface area contributed by atoms with Gasteiger partial charge in [-0.25, -0.2) is 0 Å². The van der Waals surface area contributed by atoms with Crippen molar-refractivity contribution < 1.29 is 22.3 Å². The maximum absolute atomic E-state index is 11.7. The fourth-order valence-electron chi connectivity index (χ4n) is 1.14. The van der Waals surface area contributed by atoms with Gasteiger partial charge in [0.1, 0.15) is 10.6 Å². The molecule has 0 radical (unpaired) electrons. The Bertz CT molecular complexity index is 604. The first-order valence-corrected chi connectivity index (χ1v) is 6.90. The van der Waals surface area contributed by atoms with Crippen molar-refractivity contribution in [3.63, 3.8) is 0 Å². The summed E-state index contributed by atoms with van der Waals surface area (Å²) in [4.78, 5) is 22.4. The third-order valence-corrected chi connectivity index (χ3v) is 3.33.